The predicted molar refractivity (Wildman–Crippen MR) is 104 cm³/mol. The monoisotopic (exact) mass is 376 g/mol. The van der Waals surface area contributed by atoms with Gasteiger partial charge in [-0.25, -0.2) is 13.2 Å². The van der Waals surface area contributed by atoms with Gasteiger partial charge in [0.2, 0.25) is 0 Å². The van der Waals surface area contributed by atoms with E-state index in [0.29, 0.717) is 18.8 Å². The van der Waals surface area contributed by atoms with Crippen LogP contribution in [0.15, 0.2) is 47.4 Å². The van der Waals surface area contributed by atoms with Crippen LogP contribution in [0.5, 0.6) is 0 Å². The summed E-state index contributed by atoms with van der Waals surface area (Å²) < 4.78 is 27.5. The van der Waals surface area contributed by atoms with Crippen molar-refractivity contribution in [1.29, 1.82) is 0 Å². The summed E-state index contributed by atoms with van der Waals surface area (Å²) in [5.41, 5.74) is 1.89. The van der Waals surface area contributed by atoms with Gasteiger partial charge in [0.1, 0.15) is 0 Å². The Bertz CT molecular complexity index is 873. The molecule has 0 atom stereocenters. The van der Waals surface area contributed by atoms with Crippen molar-refractivity contribution in [1.82, 2.24) is 0 Å². The second-order valence-electron chi connectivity index (χ2n) is 5.81. The second kappa shape index (κ2) is 8.23. The maximum atomic E-state index is 12.5. The molecular formula is C19H24N2O4S. The van der Waals surface area contributed by atoms with Crippen LogP contribution in [0.1, 0.15) is 36.7 Å². The average Bonchev–Trinajstić information content (AvgIpc) is 2.63. The van der Waals surface area contributed by atoms with Crippen LogP contribution in [0, 0.1) is 0 Å². The van der Waals surface area contributed by atoms with Gasteiger partial charge in [0, 0.05) is 18.8 Å². The Morgan fingerprint density at radius 1 is 1.04 bits per heavy atom. The molecule has 0 aliphatic carbocycles. The minimum Gasteiger partial charge on any atom is -0.478 e. The number of hydrogen-bond donors (Lipinski definition) is 2. The molecule has 0 aliphatic rings. The summed E-state index contributed by atoms with van der Waals surface area (Å²) in [4.78, 5) is 13.7. The van der Waals surface area contributed by atoms with Crippen LogP contribution in [0.4, 0.5) is 11.4 Å². The van der Waals surface area contributed by atoms with Gasteiger partial charge in [0.15, 0.2) is 0 Å². The lowest BCUT2D eigenvalue weighted by molar-refractivity contribution is 0.0697. The van der Waals surface area contributed by atoms with Gasteiger partial charge in [-0.2, -0.15) is 0 Å². The molecule has 2 aromatic rings. The lowest BCUT2D eigenvalue weighted by Gasteiger charge is -2.23. The van der Waals surface area contributed by atoms with Gasteiger partial charge < -0.3 is 10.0 Å². The van der Waals surface area contributed by atoms with Gasteiger partial charge >= 0.3 is 5.97 Å². The number of sulfonamides is 1. The van der Waals surface area contributed by atoms with Crippen LogP contribution in [-0.2, 0) is 16.4 Å². The summed E-state index contributed by atoms with van der Waals surface area (Å²) in [5.74, 6) is -1.10. The third-order valence-electron chi connectivity index (χ3n) is 4.23. The van der Waals surface area contributed by atoms with Crippen molar-refractivity contribution in [2.45, 2.75) is 32.1 Å². The molecule has 6 nitrogen and oxygen atoms in total. The number of nitrogens with zero attached hydrogens (tertiary/aromatic N) is 1. The Morgan fingerprint density at radius 3 is 2.15 bits per heavy atom. The van der Waals surface area contributed by atoms with Crippen molar-refractivity contribution in [2.24, 2.45) is 0 Å². The number of carbonyl (C=O) groups is 1. The smallest absolute Gasteiger partial charge is 0.337 e. The number of nitrogens with one attached hydrogen (secondary N) is 1. The zero-order valence-corrected chi connectivity index (χ0v) is 16.0. The van der Waals surface area contributed by atoms with E-state index in [-0.39, 0.29) is 16.1 Å². The molecule has 0 fully saturated rings. The molecule has 0 amide bonds. The normalized spacial score (nSPS) is 11.2. The molecule has 0 unspecified atom stereocenters. The Kier molecular flexibility index (Phi) is 6.26. The van der Waals surface area contributed by atoms with Crippen molar-refractivity contribution in [3.63, 3.8) is 0 Å². The highest BCUT2D eigenvalue weighted by Crippen LogP contribution is 2.26. The summed E-state index contributed by atoms with van der Waals surface area (Å²) in [6.45, 7) is 7.18. The Balaban J connectivity index is 2.36. The van der Waals surface area contributed by atoms with Crippen LogP contribution in [0.25, 0.3) is 0 Å². The fourth-order valence-corrected chi connectivity index (χ4v) is 3.78. The molecule has 7 heteroatoms. The first kappa shape index (κ1) is 19.8. The van der Waals surface area contributed by atoms with Gasteiger partial charge in [0.05, 0.1) is 16.1 Å². The molecule has 0 aromatic heterocycles. The highest BCUT2D eigenvalue weighted by Gasteiger charge is 2.18. The minimum atomic E-state index is -3.78. The summed E-state index contributed by atoms with van der Waals surface area (Å²) in [6, 6.07) is 11.2. The van der Waals surface area contributed by atoms with E-state index in [9.17, 15) is 18.3 Å². The van der Waals surface area contributed by atoms with E-state index >= 15 is 0 Å². The van der Waals surface area contributed by atoms with Gasteiger partial charge in [-0.05, 0) is 56.2 Å². The van der Waals surface area contributed by atoms with E-state index in [0.717, 1.165) is 12.0 Å². The molecule has 0 saturated carbocycles. The maximum Gasteiger partial charge on any atom is 0.337 e. The third kappa shape index (κ3) is 4.35. The topological polar surface area (TPSA) is 86.7 Å². The molecule has 26 heavy (non-hydrogen) atoms. The number of carboxylic acid groups (broad SMARTS) is 1. The standard InChI is InChI=1S/C19H24N2O4S/c1-4-14-7-10-16(11-8-14)26(24,25)20-15-9-12-18(21(5-2)6-3)17(13-15)19(22)23/h7-13,20H,4-6H2,1-3H3,(H,22,23). The fraction of sp³-hybridized carbons (Fsp3) is 0.316. The van der Waals surface area contributed by atoms with Crippen molar-refractivity contribution in [3.8, 4) is 0 Å². The maximum absolute atomic E-state index is 12.5. The Hall–Kier alpha value is -2.54. The number of anilines is 2. The lowest BCUT2D eigenvalue weighted by Crippen LogP contribution is -2.24. The number of hydrogen-bond acceptors (Lipinski definition) is 4. The SMILES string of the molecule is CCc1ccc(S(=O)(=O)Nc2ccc(N(CC)CC)c(C(=O)O)c2)cc1. The first-order valence-electron chi connectivity index (χ1n) is 8.56. The zero-order valence-electron chi connectivity index (χ0n) is 15.2. The molecule has 2 aromatic carbocycles. The molecule has 0 aliphatic heterocycles. The van der Waals surface area contributed by atoms with E-state index in [4.69, 9.17) is 0 Å². The minimum absolute atomic E-state index is 0.0650. The van der Waals surface area contributed by atoms with E-state index in [1.165, 1.54) is 6.07 Å². The molecule has 0 radical (unpaired) electrons. The summed E-state index contributed by atoms with van der Waals surface area (Å²) in [5, 5.41) is 9.50. The van der Waals surface area contributed by atoms with Gasteiger partial charge in [-0.3, -0.25) is 4.72 Å². The first-order valence-corrected chi connectivity index (χ1v) is 10.0. The van der Waals surface area contributed by atoms with Crippen LogP contribution in [0.2, 0.25) is 0 Å². The number of aromatic carboxylic acids is 1. The van der Waals surface area contributed by atoms with E-state index in [1.807, 2.05) is 25.7 Å². The number of rotatable bonds is 8. The molecule has 0 saturated heterocycles. The van der Waals surface area contributed by atoms with Crippen molar-refractivity contribution >= 4 is 27.4 Å². The zero-order chi connectivity index (χ0) is 19.3. The second-order valence-corrected chi connectivity index (χ2v) is 7.49. The molecule has 0 bridgehead atoms. The molecule has 2 N–H and O–H groups in total. The number of benzene rings is 2. The van der Waals surface area contributed by atoms with E-state index in [2.05, 4.69) is 4.72 Å². The van der Waals surface area contributed by atoms with E-state index < -0.39 is 16.0 Å². The lowest BCUT2D eigenvalue weighted by atomic mass is 10.1. The third-order valence-corrected chi connectivity index (χ3v) is 5.62. The van der Waals surface area contributed by atoms with Crippen molar-refractivity contribution in [2.75, 3.05) is 22.7 Å². The highest BCUT2D eigenvalue weighted by atomic mass is 32.2. The highest BCUT2D eigenvalue weighted by molar-refractivity contribution is 7.92. The van der Waals surface area contributed by atoms with Gasteiger partial charge in [-0.15, -0.1) is 0 Å². The van der Waals surface area contributed by atoms with Gasteiger partial charge in [-0.1, -0.05) is 19.1 Å². The van der Waals surface area contributed by atoms with Crippen LogP contribution < -0.4 is 9.62 Å². The van der Waals surface area contributed by atoms with Crippen LogP contribution in [-0.4, -0.2) is 32.6 Å². The van der Waals surface area contributed by atoms with Crippen molar-refractivity contribution < 1.29 is 18.3 Å². The summed E-state index contributed by atoms with van der Waals surface area (Å²) >= 11 is 0. The molecule has 140 valence electrons. The summed E-state index contributed by atoms with van der Waals surface area (Å²) in [6.07, 6.45) is 0.822. The fourth-order valence-electron chi connectivity index (χ4n) is 2.73. The number of aryl methyl sites for hydroxylation is 1. The molecule has 0 heterocycles. The Morgan fingerprint density at radius 2 is 1.65 bits per heavy atom. The number of carboxylic acids is 1. The molecule has 0 spiro atoms. The van der Waals surface area contributed by atoms with Crippen molar-refractivity contribution in [3.05, 3.63) is 53.6 Å². The quantitative estimate of drug-likeness (QED) is 0.735. The van der Waals surface area contributed by atoms with Gasteiger partial charge in [0.25, 0.3) is 10.0 Å². The van der Waals surface area contributed by atoms with E-state index in [1.54, 1.807) is 36.4 Å². The molecular weight excluding hydrogens is 352 g/mol. The Labute approximate surface area is 154 Å². The van der Waals surface area contributed by atoms with Crippen LogP contribution >= 0.6 is 0 Å². The van der Waals surface area contributed by atoms with Crippen LogP contribution in [0.3, 0.4) is 0 Å². The molecule has 2 rings (SSSR count). The first-order chi connectivity index (χ1) is 12.3. The summed E-state index contributed by atoms with van der Waals surface area (Å²) in [7, 11) is -3.78. The predicted octanol–water partition coefficient (Wildman–Crippen LogP) is 3.59. The average molecular weight is 376 g/mol. The largest absolute Gasteiger partial charge is 0.478 e.